The van der Waals surface area contributed by atoms with Gasteiger partial charge in [0.1, 0.15) is 5.75 Å². The second kappa shape index (κ2) is 6.81. The van der Waals surface area contributed by atoms with Crippen molar-refractivity contribution in [1.29, 1.82) is 0 Å². The summed E-state index contributed by atoms with van der Waals surface area (Å²) in [6.45, 7) is 9.58. The van der Waals surface area contributed by atoms with E-state index < -0.39 is 10.0 Å². The smallest absolute Gasteiger partial charge is 0.211 e. The second-order valence-corrected chi connectivity index (χ2v) is 8.96. The third-order valence-corrected chi connectivity index (χ3v) is 6.03. The van der Waals surface area contributed by atoms with Crippen LogP contribution in [0.25, 0.3) is 0 Å². The van der Waals surface area contributed by atoms with Crippen molar-refractivity contribution in [2.75, 3.05) is 19.4 Å². The molecule has 2 rings (SSSR count). The van der Waals surface area contributed by atoms with Crippen molar-refractivity contribution in [1.82, 2.24) is 4.31 Å². The number of fused-ring (bicyclic) bond motifs is 1. The summed E-state index contributed by atoms with van der Waals surface area (Å²) in [4.78, 5) is 0. The van der Waals surface area contributed by atoms with Gasteiger partial charge in [-0.05, 0) is 41.5 Å². The zero-order chi connectivity index (χ0) is 17.3. The first-order valence-electron chi connectivity index (χ1n) is 8.44. The molecule has 0 N–H and O–H groups in total. The SMILES string of the molecule is CCCCOc1ccc2c(c1)C(N(CC)S(C)(=O)=O)CC2(C)C. The molecule has 23 heavy (non-hydrogen) atoms. The maximum Gasteiger partial charge on any atom is 0.211 e. The highest BCUT2D eigenvalue weighted by Gasteiger charge is 2.41. The number of rotatable bonds is 7. The normalized spacial score (nSPS) is 19.8. The van der Waals surface area contributed by atoms with Gasteiger partial charge in [0.2, 0.25) is 10.0 Å². The fourth-order valence-corrected chi connectivity index (χ4v) is 4.62. The molecule has 5 heteroatoms. The van der Waals surface area contributed by atoms with Crippen LogP contribution in [-0.4, -0.2) is 32.1 Å². The number of hydrogen-bond acceptors (Lipinski definition) is 3. The molecule has 0 saturated heterocycles. The summed E-state index contributed by atoms with van der Waals surface area (Å²) in [6.07, 6.45) is 4.22. The molecule has 130 valence electrons. The van der Waals surface area contributed by atoms with Gasteiger partial charge in [0.15, 0.2) is 0 Å². The topological polar surface area (TPSA) is 46.6 Å². The molecule has 1 atom stereocenters. The molecule has 0 radical (unpaired) electrons. The van der Waals surface area contributed by atoms with Gasteiger partial charge in [-0.2, -0.15) is 4.31 Å². The Morgan fingerprint density at radius 3 is 2.57 bits per heavy atom. The molecule has 1 aliphatic carbocycles. The molecule has 0 bridgehead atoms. The Labute approximate surface area is 140 Å². The van der Waals surface area contributed by atoms with Crippen molar-refractivity contribution in [2.45, 2.75) is 58.4 Å². The quantitative estimate of drug-likeness (QED) is 0.709. The van der Waals surface area contributed by atoms with Crippen LogP contribution in [0.4, 0.5) is 0 Å². The largest absolute Gasteiger partial charge is 0.494 e. The van der Waals surface area contributed by atoms with Gasteiger partial charge in [-0.15, -0.1) is 0 Å². The van der Waals surface area contributed by atoms with Crippen molar-refractivity contribution in [3.8, 4) is 5.75 Å². The Morgan fingerprint density at radius 1 is 1.30 bits per heavy atom. The number of hydrogen-bond donors (Lipinski definition) is 0. The first-order chi connectivity index (χ1) is 10.7. The fraction of sp³-hybridized carbons (Fsp3) is 0.667. The van der Waals surface area contributed by atoms with Crippen molar-refractivity contribution in [2.24, 2.45) is 0 Å². The van der Waals surface area contributed by atoms with Crippen LogP contribution in [0.3, 0.4) is 0 Å². The van der Waals surface area contributed by atoms with E-state index in [4.69, 9.17) is 4.74 Å². The third kappa shape index (κ3) is 3.89. The monoisotopic (exact) mass is 339 g/mol. The summed E-state index contributed by atoms with van der Waals surface area (Å²) >= 11 is 0. The van der Waals surface area contributed by atoms with Crippen LogP contribution in [0, 0.1) is 0 Å². The summed E-state index contributed by atoms with van der Waals surface area (Å²) in [5.41, 5.74) is 2.30. The molecule has 4 nitrogen and oxygen atoms in total. The van der Waals surface area contributed by atoms with Gasteiger partial charge >= 0.3 is 0 Å². The highest BCUT2D eigenvalue weighted by Crippen LogP contribution is 2.48. The summed E-state index contributed by atoms with van der Waals surface area (Å²) in [5, 5.41) is 0. The number of unbranched alkanes of at least 4 members (excludes halogenated alkanes) is 1. The zero-order valence-corrected chi connectivity index (χ0v) is 15.7. The second-order valence-electron chi connectivity index (χ2n) is 7.02. The zero-order valence-electron chi connectivity index (χ0n) is 14.9. The van der Waals surface area contributed by atoms with E-state index in [0.29, 0.717) is 13.2 Å². The minimum Gasteiger partial charge on any atom is -0.494 e. The van der Waals surface area contributed by atoms with Crippen molar-refractivity contribution < 1.29 is 13.2 Å². The van der Waals surface area contributed by atoms with Gasteiger partial charge in [-0.3, -0.25) is 0 Å². The molecule has 0 amide bonds. The van der Waals surface area contributed by atoms with E-state index in [2.05, 4.69) is 26.8 Å². The molecule has 1 unspecified atom stereocenters. The highest BCUT2D eigenvalue weighted by atomic mass is 32.2. The molecule has 0 aliphatic heterocycles. The van der Waals surface area contributed by atoms with Crippen LogP contribution in [0.15, 0.2) is 18.2 Å². The van der Waals surface area contributed by atoms with Gasteiger partial charge in [-0.25, -0.2) is 8.42 Å². The standard InChI is InChI=1S/C18H29NO3S/c1-6-8-11-22-14-9-10-16-15(12-14)17(13-18(16,3)4)19(7-2)23(5,20)21/h9-10,12,17H,6-8,11,13H2,1-5H3. The van der Waals surface area contributed by atoms with Crippen LogP contribution in [0.5, 0.6) is 5.75 Å². The lowest BCUT2D eigenvalue weighted by atomic mass is 9.86. The van der Waals surface area contributed by atoms with E-state index in [1.807, 2.05) is 19.1 Å². The molecule has 1 aromatic carbocycles. The first kappa shape index (κ1) is 18.3. The fourth-order valence-electron chi connectivity index (χ4n) is 3.50. The number of sulfonamides is 1. The third-order valence-electron chi connectivity index (χ3n) is 4.67. The van der Waals surface area contributed by atoms with Gasteiger partial charge in [0, 0.05) is 6.54 Å². The molecule has 1 aliphatic rings. The molecule has 0 fully saturated rings. The average Bonchev–Trinajstić information content (AvgIpc) is 2.70. The van der Waals surface area contributed by atoms with Crippen LogP contribution < -0.4 is 4.74 Å². The van der Waals surface area contributed by atoms with Crippen LogP contribution >= 0.6 is 0 Å². The van der Waals surface area contributed by atoms with E-state index in [0.717, 1.165) is 30.6 Å². The van der Waals surface area contributed by atoms with Crippen molar-refractivity contribution in [3.05, 3.63) is 29.3 Å². The average molecular weight is 340 g/mol. The summed E-state index contributed by atoms with van der Waals surface area (Å²) in [6, 6.07) is 6.05. The number of nitrogens with zero attached hydrogens (tertiary/aromatic N) is 1. The molecule has 0 heterocycles. The predicted octanol–water partition coefficient (Wildman–Crippen LogP) is 3.87. The molecule has 0 aromatic heterocycles. The minimum atomic E-state index is -3.23. The summed E-state index contributed by atoms with van der Waals surface area (Å²) in [7, 11) is -3.23. The van der Waals surface area contributed by atoms with Gasteiger partial charge in [0.25, 0.3) is 0 Å². The Morgan fingerprint density at radius 2 is 2.00 bits per heavy atom. The van der Waals surface area contributed by atoms with Crippen LogP contribution in [0.2, 0.25) is 0 Å². The Bertz CT molecular complexity index is 652. The van der Waals surface area contributed by atoms with E-state index >= 15 is 0 Å². The molecular formula is C18H29NO3S. The molecule has 0 saturated carbocycles. The van der Waals surface area contributed by atoms with Crippen molar-refractivity contribution in [3.63, 3.8) is 0 Å². The molecule has 0 spiro atoms. The van der Waals surface area contributed by atoms with Crippen molar-refractivity contribution >= 4 is 10.0 Å². The van der Waals surface area contributed by atoms with Crippen LogP contribution in [0.1, 0.15) is 64.1 Å². The van der Waals surface area contributed by atoms with Gasteiger partial charge < -0.3 is 4.74 Å². The Hall–Kier alpha value is -1.07. The van der Waals surface area contributed by atoms with Crippen LogP contribution in [-0.2, 0) is 15.4 Å². The number of benzene rings is 1. The predicted molar refractivity (Wildman–Crippen MR) is 94.5 cm³/mol. The Balaban J connectivity index is 2.38. The van der Waals surface area contributed by atoms with E-state index in [9.17, 15) is 8.42 Å². The highest BCUT2D eigenvalue weighted by molar-refractivity contribution is 7.88. The van der Waals surface area contributed by atoms with E-state index in [1.165, 1.54) is 11.8 Å². The Kier molecular flexibility index (Phi) is 5.41. The van der Waals surface area contributed by atoms with E-state index in [1.54, 1.807) is 4.31 Å². The van der Waals surface area contributed by atoms with Gasteiger partial charge in [-0.1, -0.05) is 40.2 Å². The number of ether oxygens (including phenoxy) is 1. The minimum absolute atomic E-state index is 0.0277. The van der Waals surface area contributed by atoms with Gasteiger partial charge in [0.05, 0.1) is 18.9 Å². The molecular weight excluding hydrogens is 310 g/mol. The lowest BCUT2D eigenvalue weighted by Gasteiger charge is -2.27. The maximum atomic E-state index is 12.2. The maximum absolute atomic E-state index is 12.2. The first-order valence-corrected chi connectivity index (χ1v) is 10.3. The summed E-state index contributed by atoms with van der Waals surface area (Å²) < 4.78 is 31.7. The summed E-state index contributed by atoms with van der Waals surface area (Å²) in [5.74, 6) is 0.837. The lowest BCUT2D eigenvalue weighted by molar-refractivity contribution is 0.300. The van der Waals surface area contributed by atoms with E-state index in [-0.39, 0.29) is 11.5 Å². The lowest BCUT2D eigenvalue weighted by Crippen LogP contribution is -2.33. The molecule has 1 aromatic rings.